The van der Waals surface area contributed by atoms with Crippen LogP contribution >= 0.6 is 0 Å². The minimum Gasteiger partial charge on any atom is -0.449 e. The molecule has 1 heterocycles. The molecule has 0 bridgehead atoms. The van der Waals surface area contributed by atoms with Crippen molar-refractivity contribution in [2.24, 2.45) is 17.8 Å². The van der Waals surface area contributed by atoms with Gasteiger partial charge in [-0.25, -0.2) is 9.59 Å². The van der Waals surface area contributed by atoms with Crippen molar-refractivity contribution in [3.8, 4) is 11.8 Å². The number of carbonyl (C=O) groups excluding carboxylic acids is 4. The van der Waals surface area contributed by atoms with E-state index < -0.39 is 17.8 Å². The lowest BCUT2D eigenvalue weighted by Crippen LogP contribution is -2.32. The van der Waals surface area contributed by atoms with Crippen LogP contribution in [0.5, 0.6) is 0 Å². The predicted molar refractivity (Wildman–Crippen MR) is 218 cm³/mol. The zero-order valence-corrected chi connectivity index (χ0v) is 36.4. The van der Waals surface area contributed by atoms with E-state index in [0.29, 0.717) is 181 Å². The van der Waals surface area contributed by atoms with E-state index in [-0.39, 0.29) is 38.6 Å². The van der Waals surface area contributed by atoms with Gasteiger partial charge in [0.1, 0.15) is 0 Å². The number of hydrogen-bond acceptors (Lipinski definition) is 18. The number of imide groups is 1. The van der Waals surface area contributed by atoms with Gasteiger partial charge in [-0.15, -0.1) is 16.9 Å². The van der Waals surface area contributed by atoms with Crippen LogP contribution in [0.1, 0.15) is 44.9 Å². The molecule has 0 aromatic rings. The van der Waals surface area contributed by atoms with Gasteiger partial charge in [-0.3, -0.25) is 9.59 Å². The van der Waals surface area contributed by atoms with Crippen molar-refractivity contribution < 1.29 is 85.6 Å². The summed E-state index contributed by atoms with van der Waals surface area (Å²) in [4.78, 5) is 51.2. The molecule has 0 spiro atoms. The molecule has 1 saturated heterocycles. The van der Waals surface area contributed by atoms with Gasteiger partial charge in [-0.1, -0.05) is 0 Å². The molecule has 1 saturated carbocycles. The van der Waals surface area contributed by atoms with E-state index in [2.05, 4.69) is 17.2 Å². The molecule has 1 unspecified atom stereocenters. The maximum absolute atomic E-state index is 11.9. The Morgan fingerprint density at radius 1 is 0.484 bits per heavy atom. The van der Waals surface area contributed by atoms with Crippen LogP contribution in [0.2, 0.25) is 0 Å². The van der Waals surface area contributed by atoms with E-state index in [4.69, 9.17) is 66.4 Å². The van der Waals surface area contributed by atoms with Gasteiger partial charge in [-0.2, -0.15) is 0 Å². The lowest BCUT2D eigenvalue weighted by atomic mass is 10.1. The molecule has 3 amide bonds. The van der Waals surface area contributed by atoms with Crippen LogP contribution in [0.25, 0.3) is 0 Å². The molecule has 0 radical (unpaired) electrons. The molecule has 2 aliphatic carbocycles. The first-order chi connectivity index (χ1) is 30.6. The number of fused-ring (bicyclic) bond motifs is 1. The van der Waals surface area contributed by atoms with Gasteiger partial charge in [0, 0.05) is 32.2 Å². The summed E-state index contributed by atoms with van der Waals surface area (Å²) in [6.45, 7) is 11.1. The van der Waals surface area contributed by atoms with Crippen molar-refractivity contribution >= 4 is 23.9 Å². The Labute approximate surface area is 365 Å². The van der Waals surface area contributed by atoms with Crippen LogP contribution in [0.3, 0.4) is 0 Å². The Kier molecular flexibility index (Phi) is 32.1. The van der Waals surface area contributed by atoms with Gasteiger partial charge in [0.05, 0.1) is 172 Å². The highest BCUT2D eigenvalue weighted by atomic mass is 16.7. The molecule has 1 aliphatic heterocycles. The molecule has 3 rings (SSSR count). The third-order valence-electron chi connectivity index (χ3n) is 9.50. The Hall–Kier alpha value is -3.04. The molecule has 0 aromatic heterocycles. The van der Waals surface area contributed by atoms with Crippen molar-refractivity contribution in [1.29, 1.82) is 0 Å². The molecule has 62 heavy (non-hydrogen) atoms. The molecule has 20 nitrogen and oxygen atoms in total. The third-order valence-corrected chi connectivity index (χ3v) is 9.50. The second-order valence-electron chi connectivity index (χ2n) is 14.1. The molecule has 20 heteroatoms. The number of hydrogen-bond donors (Lipinski definition) is 1. The number of nitrogens with one attached hydrogen (secondary N) is 1. The number of ether oxygens (including phenoxy) is 13. The fraction of sp³-hybridized carbons (Fsp3) is 0.857. The van der Waals surface area contributed by atoms with E-state index >= 15 is 0 Å². The summed E-state index contributed by atoms with van der Waals surface area (Å²) in [5.74, 6) is 6.48. The van der Waals surface area contributed by atoms with E-state index in [0.717, 1.165) is 25.7 Å². The topological polar surface area (TPSA) is 213 Å². The maximum atomic E-state index is 11.9. The van der Waals surface area contributed by atoms with Crippen LogP contribution in [-0.2, 0) is 80.8 Å². The predicted octanol–water partition coefficient (Wildman–Crippen LogP) is 1.35. The lowest BCUT2D eigenvalue weighted by molar-refractivity contribution is -0.198. The van der Waals surface area contributed by atoms with Crippen molar-refractivity contribution in [2.75, 3.05) is 172 Å². The van der Waals surface area contributed by atoms with Crippen molar-refractivity contribution in [3.63, 3.8) is 0 Å². The van der Waals surface area contributed by atoms with Crippen molar-refractivity contribution in [1.82, 2.24) is 10.4 Å². The number of hydroxylamine groups is 2. The highest BCUT2D eigenvalue weighted by Gasteiger charge is 2.49. The number of amides is 3. The second-order valence-corrected chi connectivity index (χ2v) is 14.1. The summed E-state index contributed by atoms with van der Waals surface area (Å²) in [5, 5.41) is 3.25. The minimum atomic E-state index is -0.703. The Balaban J connectivity index is 0.882. The van der Waals surface area contributed by atoms with Gasteiger partial charge in [-0.05, 0) is 30.6 Å². The number of rotatable bonds is 42. The Morgan fingerprint density at radius 3 is 1.16 bits per heavy atom. The summed E-state index contributed by atoms with van der Waals surface area (Å²) < 4.78 is 70.9. The SMILES string of the molecule is O=C(CCOCCOCCOCCOCCOCCOCCOCCOCCOCCOCCOCCOCCNC(=O)OCC1[C@H]2CCC#CCC[C@@H]12)ON1C(=O)CCC1=O. The molecule has 1 N–H and O–H groups in total. The monoisotopic (exact) mass is 890 g/mol. The van der Waals surface area contributed by atoms with Crippen LogP contribution in [0, 0.1) is 29.6 Å². The van der Waals surface area contributed by atoms with Crippen molar-refractivity contribution in [3.05, 3.63) is 0 Å². The normalized spacial score (nSPS) is 18.2. The van der Waals surface area contributed by atoms with E-state index in [1.54, 1.807) is 0 Å². The van der Waals surface area contributed by atoms with Gasteiger partial charge < -0.3 is 71.7 Å². The average molecular weight is 891 g/mol. The van der Waals surface area contributed by atoms with Gasteiger partial charge in [0.25, 0.3) is 11.8 Å². The second kappa shape index (κ2) is 37.3. The molecular formula is C42H70N2O18. The van der Waals surface area contributed by atoms with Crippen LogP contribution in [0.15, 0.2) is 0 Å². The number of nitrogens with zero attached hydrogens (tertiary/aromatic N) is 1. The summed E-state index contributed by atoms with van der Waals surface area (Å²) in [6.07, 6.45) is 3.79. The first-order valence-corrected chi connectivity index (χ1v) is 21.9. The lowest BCUT2D eigenvalue weighted by Gasteiger charge is -2.12. The van der Waals surface area contributed by atoms with Crippen LogP contribution in [-0.4, -0.2) is 201 Å². The summed E-state index contributed by atoms with van der Waals surface area (Å²) >= 11 is 0. The summed E-state index contributed by atoms with van der Waals surface area (Å²) in [7, 11) is 0. The van der Waals surface area contributed by atoms with E-state index in [9.17, 15) is 19.2 Å². The van der Waals surface area contributed by atoms with E-state index in [1.165, 1.54) is 0 Å². The van der Waals surface area contributed by atoms with Crippen molar-refractivity contribution in [2.45, 2.75) is 44.9 Å². The summed E-state index contributed by atoms with van der Waals surface area (Å²) in [5.41, 5.74) is 0. The summed E-state index contributed by atoms with van der Waals surface area (Å²) in [6, 6.07) is 0. The van der Waals surface area contributed by atoms with E-state index in [1.807, 2.05) is 0 Å². The number of alkyl carbamates (subject to hydrolysis) is 1. The van der Waals surface area contributed by atoms with Gasteiger partial charge >= 0.3 is 12.1 Å². The fourth-order valence-corrected chi connectivity index (χ4v) is 6.21. The molecular weight excluding hydrogens is 820 g/mol. The Morgan fingerprint density at radius 2 is 0.806 bits per heavy atom. The fourth-order valence-electron chi connectivity index (χ4n) is 6.21. The highest BCUT2D eigenvalue weighted by Crippen LogP contribution is 2.52. The Bertz CT molecular complexity index is 1220. The quantitative estimate of drug-likeness (QED) is 0.0521. The first-order valence-electron chi connectivity index (χ1n) is 21.9. The van der Waals surface area contributed by atoms with Gasteiger partial charge in [0.15, 0.2) is 0 Å². The number of carbonyl (C=O) groups is 4. The largest absolute Gasteiger partial charge is 0.449 e. The molecule has 0 aromatic carbocycles. The standard InChI is InChI=1S/C42H70N2O18/c45-39-7-8-40(46)44(39)62-41(47)9-11-49-13-15-51-17-19-53-21-23-55-25-27-57-29-31-59-33-34-60-32-30-58-28-26-56-24-22-54-20-18-52-16-14-50-12-10-43-42(48)61-35-38-36-5-3-1-2-4-6-37(36)38/h36-38H,3-35H2,(H,43,48)/t36-,37+,38?. The maximum Gasteiger partial charge on any atom is 0.407 e. The average Bonchev–Trinajstić information content (AvgIpc) is 3.81. The smallest absolute Gasteiger partial charge is 0.407 e. The van der Waals surface area contributed by atoms with Crippen LogP contribution in [0.4, 0.5) is 4.79 Å². The minimum absolute atomic E-state index is 0.0551. The molecule has 356 valence electrons. The zero-order valence-electron chi connectivity index (χ0n) is 36.4. The molecule has 2 fully saturated rings. The highest BCUT2D eigenvalue weighted by molar-refractivity contribution is 6.01. The molecule has 3 atom stereocenters. The first kappa shape index (κ1) is 53.3. The van der Waals surface area contributed by atoms with Crippen LogP contribution < -0.4 is 5.32 Å². The molecule has 3 aliphatic rings. The zero-order chi connectivity index (χ0) is 44.0. The third kappa shape index (κ3) is 27.9. The van der Waals surface area contributed by atoms with Gasteiger partial charge in [0.2, 0.25) is 0 Å².